The van der Waals surface area contributed by atoms with Gasteiger partial charge in [0.1, 0.15) is 0 Å². The zero-order chi connectivity index (χ0) is 15.5. The van der Waals surface area contributed by atoms with Crippen LogP contribution in [0, 0.1) is 0 Å². The topological polar surface area (TPSA) is 58.2 Å². The fourth-order valence-corrected chi connectivity index (χ4v) is 2.43. The normalized spacial score (nSPS) is 10.2. The van der Waals surface area contributed by atoms with Crippen molar-refractivity contribution < 1.29 is 9.59 Å². The predicted octanol–water partition coefficient (Wildman–Crippen LogP) is 3.18. The van der Waals surface area contributed by atoms with Crippen molar-refractivity contribution in [3.05, 3.63) is 29.8 Å². The molecular weight excluding hydrogens is 284 g/mol. The fourth-order valence-electron chi connectivity index (χ4n) is 1.81. The lowest BCUT2D eigenvalue weighted by molar-refractivity contribution is -0.121. The molecule has 0 saturated heterocycles. The van der Waals surface area contributed by atoms with Crippen LogP contribution in [-0.2, 0) is 16.1 Å². The molecule has 0 bridgehead atoms. The molecule has 2 amide bonds. The minimum atomic E-state index is 0.0234. The number of benzene rings is 1. The van der Waals surface area contributed by atoms with Crippen LogP contribution in [0.1, 0.15) is 38.7 Å². The van der Waals surface area contributed by atoms with Crippen LogP contribution in [0.5, 0.6) is 0 Å². The van der Waals surface area contributed by atoms with Crippen molar-refractivity contribution in [1.29, 1.82) is 0 Å². The monoisotopic (exact) mass is 308 g/mol. The molecule has 1 aromatic rings. The summed E-state index contributed by atoms with van der Waals surface area (Å²) in [5.74, 6) is 1.98. The van der Waals surface area contributed by atoms with Crippen LogP contribution >= 0.6 is 11.8 Å². The third kappa shape index (κ3) is 7.75. The molecule has 0 atom stereocenters. The highest BCUT2D eigenvalue weighted by Crippen LogP contribution is 2.11. The molecule has 0 aromatic heterocycles. The van der Waals surface area contributed by atoms with Crippen molar-refractivity contribution in [1.82, 2.24) is 5.32 Å². The van der Waals surface area contributed by atoms with Crippen LogP contribution in [0.2, 0.25) is 0 Å². The van der Waals surface area contributed by atoms with E-state index < -0.39 is 0 Å². The number of hydrogen-bond acceptors (Lipinski definition) is 3. The second kappa shape index (κ2) is 10.3. The Balaban J connectivity index is 2.41. The van der Waals surface area contributed by atoms with Crippen LogP contribution in [-0.4, -0.2) is 23.3 Å². The van der Waals surface area contributed by atoms with Crippen LogP contribution in [0.3, 0.4) is 0 Å². The maximum Gasteiger partial charge on any atom is 0.224 e. The molecule has 1 rings (SSSR count). The molecule has 0 aliphatic heterocycles. The SMILES string of the molecule is CCCC(=O)Nc1cccc(CNC(=O)CCSCC)c1. The molecule has 1 aromatic carbocycles. The minimum absolute atomic E-state index is 0.0234. The summed E-state index contributed by atoms with van der Waals surface area (Å²) < 4.78 is 0. The van der Waals surface area contributed by atoms with Crippen LogP contribution in [0.4, 0.5) is 5.69 Å². The maximum atomic E-state index is 11.6. The highest BCUT2D eigenvalue weighted by Gasteiger charge is 2.04. The van der Waals surface area contributed by atoms with Crippen molar-refractivity contribution in [2.45, 2.75) is 39.7 Å². The van der Waals surface area contributed by atoms with Gasteiger partial charge in [-0.25, -0.2) is 0 Å². The Morgan fingerprint density at radius 1 is 1.14 bits per heavy atom. The minimum Gasteiger partial charge on any atom is -0.352 e. The van der Waals surface area contributed by atoms with Gasteiger partial charge in [-0.1, -0.05) is 26.0 Å². The van der Waals surface area contributed by atoms with Crippen molar-refractivity contribution >= 4 is 29.3 Å². The van der Waals surface area contributed by atoms with Gasteiger partial charge < -0.3 is 10.6 Å². The van der Waals surface area contributed by atoms with Gasteiger partial charge in [0.2, 0.25) is 11.8 Å². The van der Waals surface area contributed by atoms with E-state index in [4.69, 9.17) is 0 Å². The molecule has 0 heterocycles. The largest absolute Gasteiger partial charge is 0.352 e. The molecular formula is C16H24N2O2S. The van der Waals surface area contributed by atoms with Gasteiger partial charge >= 0.3 is 0 Å². The molecule has 0 fully saturated rings. The molecule has 0 radical (unpaired) electrons. The van der Waals surface area contributed by atoms with Crippen LogP contribution < -0.4 is 10.6 Å². The number of thioether (sulfide) groups is 1. The van der Waals surface area contributed by atoms with Gasteiger partial charge in [0, 0.05) is 30.8 Å². The van der Waals surface area contributed by atoms with Gasteiger partial charge in [0.25, 0.3) is 0 Å². The van der Waals surface area contributed by atoms with E-state index in [1.807, 2.05) is 31.2 Å². The van der Waals surface area contributed by atoms with Crippen molar-refractivity contribution in [2.24, 2.45) is 0 Å². The lowest BCUT2D eigenvalue weighted by Gasteiger charge is -2.08. The summed E-state index contributed by atoms with van der Waals surface area (Å²) in [6.45, 7) is 4.55. The molecule has 5 heteroatoms. The average molecular weight is 308 g/mol. The summed E-state index contributed by atoms with van der Waals surface area (Å²) in [6.07, 6.45) is 1.90. The van der Waals surface area contributed by atoms with Crippen molar-refractivity contribution in [2.75, 3.05) is 16.8 Å². The van der Waals surface area contributed by atoms with Gasteiger partial charge in [-0.15, -0.1) is 0 Å². The van der Waals surface area contributed by atoms with Gasteiger partial charge in [0.05, 0.1) is 0 Å². The first kappa shape index (κ1) is 17.6. The summed E-state index contributed by atoms with van der Waals surface area (Å²) >= 11 is 1.76. The second-order valence-electron chi connectivity index (χ2n) is 4.72. The zero-order valence-electron chi connectivity index (χ0n) is 12.8. The van der Waals surface area contributed by atoms with E-state index in [1.54, 1.807) is 11.8 Å². The van der Waals surface area contributed by atoms with Gasteiger partial charge in [-0.2, -0.15) is 11.8 Å². The number of amides is 2. The number of carbonyl (C=O) groups is 2. The first-order valence-electron chi connectivity index (χ1n) is 7.39. The number of hydrogen-bond donors (Lipinski definition) is 2. The number of nitrogens with one attached hydrogen (secondary N) is 2. The zero-order valence-corrected chi connectivity index (χ0v) is 13.6. The van der Waals surface area contributed by atoms with E-state index in [-0.39, 0.29) is 11.8 Å². The first-order chi connectivity index (χ1) is 10.2. The van der Waals surface area contributed by atoms with Crippen molar-refractivity contribution in [3.8, 4) is 0 Å². The predicted molar refractivity (Wildman–Crippen MR) is 89.4 cm³/mol. The second-order valence-corrected chi connectivity index (χ2v) is 6.12. The van der Waals surface area contributed by atoms with E-state index in [0.717, 1.165) is 29.2 Å². The summed E-state index contributed by atoms with van der Waals surface area (Å²) in [5.41, 5.74) is 1.77. The first-order valence-corrected chi connectivity index (χ1v) is 8.54. The molecule has 0 saturated carbocycles. The van der Waals surface area contributed by atoms with E-state index >= 15 is 0 Å². The summed E-state index contributed by atoms with van der Waals surface area (Å²) in [4.78, 5) is 23.2. The molecule has 0 aliphatic rings. The van der Waals surface area contributed by atoms with E-state index in [0.29, 0.717) is 19.4 Å². The molecule has 0 spiro atoms. The Morgan fingerprint density at radius 3 is 2.67 bits per heavy atom. The summed E-state index contributed by atoms with van der Waals surface area (Å²) in [6, 6.07) is 7.58. The molecule has 4 nitrogen and oxygen atoms in total. The quantitative estimate of drug-likeness (QED) is 0.689. The Labute approximate surface area is 131 Å². The Morgan fingerprint density at radius 2 is 1.95 bits per heavy atom. The Hall–Kier alpha value is -1.49. The summed E-state index contributed by atoms with van der Waals surface area (Å²) in [5, 5.41) is 5.76. The lowest BCUT2D eigenvalue weighted by Crippen LogP contribution is -2.23. The molecule has 2 N–H and O–H groups in total. The van der Waals surface area contributed by atoms with E-state index in [1.165, 1.54) is 0 Å². The van der Waals surface area contributed by atoms with Gasteiger partial charge in [0.15, 0.2) is 0 Å². The van der Waals surface area contributed by atoms with Crippen molar-refractivity contribution in [3.63, 3.8) is 0 Å². The number of anilines is 1. The van der Waals surface area contributed by atoms with E-state index in [9.17, 15) is 9.59 Å². The highest BCUT2D eigenvalue weighted by atomic mass is 32.2. The molecule has 0 unspecified atom stereocenters. The number of carbonyl (C=O) groups excluding carboxylic acids is 2. The maximum absolute atomic E-state index is 11.6. The average Bonchev–Trinajstić information content (AvgIpc) is 2.46. The van der Waals surface area contributed by atoms with Crippen LogP contribution in [0.15, 0.2) is 24.3 Å². The highest BCUT2D eigenvalue weighted by molar-refractivity contribution is 7.99. The van der Waals surface area contributed by atoms with Gasteiger partial charge in [-0.05, 0) is 29.9 Å². The van der Waals surface area contributed by atoms with Crippen LogP contribution in [0.25, 0.3) is 0 Å². The molecule has 21 heavy (non-hydrogen) atoms. The van der Waals surface area contributed by atoms with Gasteiger partial charge in [-0.3, -0.25) is 9.59 Å². The lowest BCUT2D eigenvalue weighted by atomic mass is 10.2. The fraction of sp³-hybridized carbons (Fsp3) is 0.500. The Bertz CT molecular complexity index is 463. The van der Waals surface area contributed by atoms with E-state index in [2.05, 4.69) is 17.6 Å². The third-order valence-electron chi connectivity index (χ3n) is 2.86. The molecule has 0 aliphatic carbocycles. The summed E-state index contributed by atoms with van der Waals surface area (Å²) in [7, 11) is 0. The Kier molecular flexibility index (Phi) is 8.59. The third-order valence-corrected chi connectivity index (χ3v) is 3.76. The smallest absolute Gasteiger partial charge is 0.224 e. The standard InChI is InChI=1S/C16H24N2O2S/c1-3-6-16(20)18-14-8-5-7-13(11-14)12-17-15(19)9-10-21-4-2/h5,7-8,11H,3-4,6,9-10,12H2,1-2H3,(H,17,19)(H,18,20). The molecule has 116 valence electrons. The number of rotatable bonds is 9.